The molecule has 0 saturated heterocycles. The number of benzene rings is 6. The highest BCUT2D eigenvalue weighted by Crippen LogP contribution is 2.42. The van der Waals surface area contributed by atoms with Crippen LogP contribution in [0.25, 0.3) is 105 Å². The Morgan fingerprint density at radius 3 is 1.70 bits per heavy atom. The fourth-order valence-corrected chi connectivity index (χ4v) is 7.45. The lowest BCUT2D eigenvalue weighted by Crippen LogP contribution is -1.98. The zero-order valence-electron chi connectivity index (χ0n) is 24.8. The maximum atomic E-state index is 6.36. The van der Waals surface area contributed by atoms with Gasteiger partial charge in [0.1, 0.15) is 39.2 Å². The van der Waals surface area contributed by atoms with E-state index in [2.05, 4.69) is 77.2 Å². The van der Waals surface area contributed by atoms with Gasteiger partial charge in [0.05, 0.1) is 5.52 Å². The number of imidazole rings is 1. The van der Waals surface area contributed by atoms with Crippen LogP contribution < -0.4 is 0 Å². The monoisotopic (exact) mass is 602 g/mol. The first kappa shape index (κ1) is 24.8. The summed E-state index contributed by atoms with van der Waals surface area (Å²) in [6.45, 7) is 0. The summed E-state index contributed by atoms with van der Waals surface area (Å²) >= 11 is 0. The average molecular weight is 603 g/mol. The molecule has 6 heteroatoms. The first-order valence-electron chi connectivity index (χ1n) is 15.6. The molecule has 6 nitrogen and oxygen atoms in total. The van der Waals surface area contributed by atoms with Crippen molar-refractivity contribution in [3.63, 3.8) is 0 Å². The van der Waals surface area contributed by atoms with Gasteiger partial charge in [-0.3, -0.25) is 4.40 Å². The van der Waals surface area contributed by atoms with Gasteiger partial charge in [-0.1, -0.05) is 103 Å². The second kappa shape index (κ2) is 9.02. The highest BCUT2D eigenvalue weighted by molar-refractivity contribution is 6.18. The Morgan fingerprint density at radius 1 is 0.426 bits per heavy atom. The van der Waals surface area contributed by atoms with Crippen LogP contribution in [-0.2, 0) is 0 Å². The van der Waals surface area contributed by atoms with Crippen LogP contribution in [0.3, 0.4) is 0 Å². The van der Waals surface area contributed by atoms with Gasteiger partial charge in [-0.05, 0) is 35.7 Å². The van der Waals surface area contributed by atoms with Gasteiger partial charge in [-0.25, -0.2) is 15.0 Å². The summed E-state index contributed by atoms with van der Waals surface area (Å²) in [4.78, 5) is 16.0. The van der Waals surface area contributed by atoms with E-state index in [1.165, 1.54) is 0 Å². The highest BCUT2D eigenvalue weighted by Gasteiger charge is 2.24. The second-order valence-electron chi connectivity index (χ2n) is 12.0. The fourth-order valence-electron chi connectivity index (χ4n) is 7.45. The van der Waals surface area contributed by atoms with Crippen molar-refractivity contribution < 1.29 is 8.83 Å². The SMILES string of the molecule is c1ccc2c(c1)oc1cccc(-c3nc(-c4cccc5oc6ccccc6c45)c4c(n3)nc3c5ccccc5c5ccccc5n34)c12. The van der Waals surface area contributed by atoms with Gasteiger partial charge >= 0.3 is 0 Å². The van der Waals surface area contributed by atoms with Crippen molar-refractivity contribution in [2.24, 2.45) is 0 Å². The summed E-state index contributed by atoms with van der Waals surface area (Å²) in [6, 6.07) is 45.5. The lowest BCUT2D eigenvalue weighted by Gasteiger charge is -2.12. The number of rotatable bonds is 2. The van der Waals surface area contributed by atoms with Gasteiger partial charge in [0.15, 0.2) is 11.5 Å². The topological polar surface area (TPSA) is 69.4 Å². The predicted molar refractivity (Wildman–Crippen MR) is 189 cm³/mol. The van der Waals surface area contributed by atoms with Crippen molar-refractivity contribution in [1.29, 1.82) is 0 Å². The van der Waals surface area contributed by atoms with Crippen LogP contribution in [0.4, 0.5) is 0 Å². The zero-order chi connectivity index (χ0) is 30.6. The number of nitrogens with zero attached hydrogens (tertiary/aromatic N) is 4. The summed E-state index contributed by atoms with van der Waals surface area (Å²) in [5.41, 5.74) is 9.30. The molecule has 0 aliphatic carbocycles. The molecule has 0 spiro atoms. The quantitative estimate of drug-likeness (QED) is 0.184. The van der Waals surface area contributed by atoms with Gasteiger partial charge in [0, 0.05) is 43.4 Å². The Morgan fingerprint density at radius 2 is 0.979 bits per heavy atom. The Hall–Kier alpha value is -6.53. The second-order valence-corrected chi connectivity index (χ2v) is 12.0. The number of pyridine rings is 1. The molecule has 0 aliphatic rings. The van der Waals surface area contributed by atoms with Crippen molar-refractivity contribution >= 4 is 82.4 Å². The molecule has 0 atom stereocenters. The van der Waals surface area contributed by atoms with E-state index in [1.807, 2.05) is 60.7 Å². The van der Waals surface area contributed by atoms with E-state index in [4.69, 9.17) is 23.8 Å². The van der Waals surface area contributed by atoms with Gasteiger partial charge in [0.25, 0.3) is 0 Å². The Balaban J connectivity index is 1.37. The van der Waals surface area contributed by atoms with Crippen molar-refractivity contribution in [3.8, 4) is 22.6 Å². The lowest BCUT2D eigenvalue weighted by atomic mass is 10.0. The van der Waals surface area contributed by atoms with Gasteiger partial charge < -0.3 is 8.83 Å². The Bertz CT molecular complexity index is 3090. The minimum Gasteiger partial charge on any atom is -0.456 e. The highest BCUT2D eigenvalue weighted by atomic mass is 16.3. The maximum absolute atomic E-state index is 6.36. The molecule has 0 aliphatic heterocycles. The molecule has 5 aromatic heterocycles. The van der Waals surface area contributed by atoms with E-state index in [9.17, 15) is 0 Å². The molecule has 11 aromatic rings. The summed E-state index contributed by atoms with van der Waals surface area (Å²) in [5.74, 6) is 0.589. The molecule has 11 rings (SSSR count). The molecule has 0 saturated carbocycles. The van der Waals surface area contributed by atoms with Gasteiger partial charge in [-0.2, -0.15) is 0 Å². The molecule has 47 heavy (non-hydrogen) atoms. The maximum Gasteiger partial charge on any atom is 0.183 e. The van der Waals surface area contributed by atoms with Crippen molar-refractivity contribution in [3.05, 3.63) is 133 Å². The number of hydrogen-bond donors (Lipinski definition) is 0. The smallest absolute Gasteiger partial charge is 0.183 e. The van der Waals surface area contributed by atoms with E-state index in [0.717, 1.165) is 93.5 Å². The van der Waals surface area contributed by atoms with Gasteiger partial charge in [-0.15, -0.1) is 0 Å². The number of furan rings is 2. The minimum absolute atomic E-state index is 0.589. The van der Waals surface area contributed by atoms with Crippen LogP contribution >= 0.6 is 0 Å². The summed E-state index contributed by atoms with van der Waals surface area (Å²) in [5, 5.41) is 7.43. The number of para-hydroxylation sites is 3. The van der Waals surface area contributed by atoms with E-state index in [0.29, 0.717) is 11.5 Å². The molecule has 5 heterocycles. The Kier molecular flexibility index (Phi) is 4.75. The molecule has 6 aromatic carbocycles. The summed E-state index contributed by atoms with van der Waals surface area (Å²) in [6.07, 6.45) is 0. The van der Waals surface area contributed by atoms with Crippen molar-refractivity contribution in [2.75, 3.05) is 0 Å². The van der Waals surface area contributed by atoms with Crippen LogP contribution in [0.1, 0.15) is 0 Å². The number of hydrogen-bond acceptors (Lipinski definition) is 5. The molecule has 0 fully saturated rings. The summed E-state index contributed by atoms with van der Waals surface area (Å²) < 4.78 is 14.9. The Labute approximate surface area is 266 Å². The van der Waals surface area contributed by atoms with Crippen LogP contribution in [0.2, 0.25) is 0 Å². The summed E-state index contributed by atoms with van der Waals surface area (Å²) in [7, 11) is 0. The standard InChI is InChI=1S/C41H22N4O2/c1-2-13-25-23(11-1)24-12-3-6-18-30(24)45-38-37(28-16-9-21-33-35(28)26-14-4-7-19-31(26)46-33)42-39(43-40(38)44-41(25)45)29-17-10-22-34-36(29)27-15-5-8-20-32(27)47-34/h1-22H. The molecule has 0 N–H and O–H groups in total. The molecule has 0 amide bonds. The van der Waals surface area contributed by atoms with Crippen LogP contribution in [0.5, 0.6) is 0 Å². The van der Waals surface area contributed by atoms with Crippen LogP contribution in [0.15, 0.2) is 142 Å². The average Bonchev–Trinajstić information content (AvgIpc) is 3.83. The van der Waals surface area contributed by atoms with E-state index in [1.54, 1.807) is 0 Å². The largest absolute Gasteiger partial charge is 0.456 e. The first-order valence-corrected chi connectivity index (χ1v) is 15.6. The fraction of sp³-hybridized carbons (Fsp3) is 0. The molecular formula is C41H22N4O2. The molecule has 0 unspecified atom stereocenters. The lowest BCUT2D eigenvalue weighted by molar-refractivity contribution is 0.668. The normalized spacial score (nSPS) is 12.3. The van der Waals surface area contributed by atoms with E-state index >= 15 is 0 Å². The zero-order valence-corrected chi connectivity index (χ0v) is 24.8. The molecule has 218 valence electrons. The third-order valence-electron chi connectivity index (χ3n) is 9.42. The van der Waals surface area contributed by atoms with Crippen LogP contribution in [0, 0.1) is 0 Å². The molecule has 0 bridgehead atoms. The third kappa shape index (κ3) is 3.31. The van der Waals surface area contributed by atoms with Gasteiger partial charge in [0.2, 0.25) is 0 Å². The van der Waals surface area contributed by atoms with E-state index in [-0.39, 0.29) is 0 Å². The molecular weight excluding hydrogens is 580 g/mol. The minimum atomic E-state index is 0.589. The predicted octanol–water partition coefficient (Wildman–Crippen LogP) is 10.7. The number of fused-ring (bicyclic) bond motifs is 14. The van der Waals surface area contributed by atoms with Crippen LogP contribution in [-0.4, -0.2) is 19.4 Å². The van der Waals surface area contributed by atoms with Crippen molar-refractivity contribution in [2.45, 2.75) is 0 Å². The van der Waals surface area contributed by atoms with E-state index < -0.39 is 0 Å². The number of aromatic nitrogens is 4. The van der Waals surface area contributed by atoms with Crippen molar-refractivity contribution in [1.82, 2.24) is 19.4 Å². The third-order valence-corrected chi connectivity index (χ3v) is 9.42. The molecule has 0 radical (unpaired) electrons. The first-order chi connectivity index (χ1) is 23.3.